The summed E-state index contributed by atoms with van der Waals surface area (Å²) < 4.78 is 33.8. The van der Waals surface area contributed by atoms with Crippen LogP contribution in [0.1, 0.15) is 32.8 Å². The van der Waals surface area contributed by atoms with E-state index < -0.39 is 30.2 Å². The molecule has 1 heterocycles. The third kappa shape index (κ3) is 5.16. The molecule has 0 aliphatic carbocycles. The SMILES string of the molecule is CC(C)(C)OC(=O)N1CC[C@H](NCc2ccccc2)C(F)(F)C1. The number of nitrogens with zero attached hydrogens (tertiary/aromatic N) is 1. The first kappa shape index (κ1) is 17.7. The number of piperidine rings is 1. The van der Waals surface area contributed by atoms with Crippen molar-refractivity contribution >= 4 is 6.09 Å². The fourth-order valence-electron chi connectivity index (χ4n) is 2.51. The Bertz CT molecular complexity index is 529. The van der Waals surface area contributed by atoms with Crippen LogP contribution in [-0.2, 0) is 11.3 Å². The standard InChI is InChI=1S/C17H24F2N2O2/c1-16(2,3)23-15(22)21-10-9-14(17(18,19)12-21)20-11-13-7-5-4-6-8-13/h4-8,14,20H,9-12H2,1-3H3/t14-/m0/s1. The number of amides is 1. The molecule has 0 unspecified atom stereocenters. The van der Waals surface area contributed by atoms with Crippen LogP contribution in [0.3, 0.4) is 0 Å². The smallest absolute Gasteiger partial charge is 0.410 e. The summed E-state index contributed by atoms with van der Waals surface area (Å²) in [6, 6.07) is 8.47. The van der Waals surface area contributed by atoms with Gasteiger partial charge >= 0.3 is 6.09 Å². The molecule has 1 aliphatic heterocycles. The van der Waals surface area contributed by atoms with Crippen molar-refractivity contribution in [2.24, 2.45) is 0 Å². The molecule has 0 aromatic heterocycles. The normalized spacial score (nSPS) is 21.1. The summed E-state index contributed by atoms with van der Waals surface area (Å²) in [5, 5.41) is 2.91. The average molecular weight is 326 g/mol. The van der Waals surface area contributed by atoms with Gasteiger partial charge in [-0.1, -0.05) is 30.3 Å². The Morgan fingerprint density at radius 3 is 2.57 bits per heavy atom. The lowest BCUT2D eigenvalue weighted by atomic mass is 10.0. The van der Waals surface area contributed by atoms with Gasteiger partial charge in [-0.15, -0.1) is 0 Å². The van der Waals surface area contributed by atoms with Crippen LogP contribution in [0, 0.1) is 0 Å². The van der Waals surface area contributed by atoms with Crippen LogP contribution in [0.25, 0.3) is 0 Å². The molecule has 0 radical (unpaired) electrons. The van der Waals surface area contributed by atoms with E-state index in [0.717, 1.165) is 10.5 Å². The van der Waals surface area contributed by atoms with Gasteiger partial charge in [0, 0.05) is 13.1 Å². The van der Waals surface area contributed by atoms with Crippen molar-refractivity contribution in [1.29, 1.82) is 0 Å². The maximum absolute atomic E-state index is 14.3. The van der Waals surface area contributed by atoms with E-state index in [0.29, 0.717) is 6.54 Å². The average Bonchev–Trinajstić information content (AvgIpc) is 2.44. The number of alkyl halides is 2. The van der Waals surface area contributed by atoms with Gasteiger partial charge in [-0.3, -0.25) is 0 Å². The maximum atomic E-state index is 14.3. The molecule has 0 bridgehead atoms. The summed E-state index contributed by atoms with van der Waals surface area (Å²) in [4.78, 5) is 13.0. The number of likely N-dealkylation sites (tertiary alicyclic amines) is 1. The van der Waals surface area contributed by atoms with Crippen molar-refractivity contribution in [3.05, 3.63) is 35.9 Å². The van der Waals surface area contributed by atoms with Crippen molar-refractivity contribution in [2.75, 3.05) is 13.1 Å². The van der Waals surface area contributed by atoms with E-state index in [1.54, 1.807) is 20.8 Å². The first-order valence-electron chi connectivity index (χ1n) is 7.80. The Balaban J connectivity index is 1.91. The number of benzene rings is 1. The van der Waals surface area contributed by atoms with E-state index in [1.807, 2.05) is 30.3 Å². The molecule has 1 N–H and O–H groups in total. The lowest BCUT2D eigenvalue weighted by Crippen LogP contribution is -2.58. The molecule has 0 saturated carbocycles. The fourth-order valence-corrected chi connectivity index (χ4v) is 2.51. The Labute approximate surface area is 135 Å². The molecule has 128 valence electrons. The number of rotatable bonds is 3. The molecule has 1 fully saturated rings. The number of halogens is 2. The van der Waals surface area contributed by atoms with Gasteiger partial charge in [-0.05, 0) is 32.8 Å². The van der Waals surface area contributed by atoms with Gasteiger partial charge in [0.2, 0.25) is 0 Å². The van der Waals surface area contributed by atoms with Crippen molar-refractivity contribution in [3.8, 4) is 0 Å². The highest BCUT2D eigenvalue weighted by Crippen LogP contribution is 2.28. The Kier molecular flexibility index (Phi) is 5.24. The Morgan fingerprint density at radius 2 is 2.00 bits per heavy atom. The van der Waals surface area contributed by atoms with Gasteiger partial charge in [0.05, 0.1) is 12.6 Å². The van der Waals surface area contributed by atoms with Crippen LogP contribution in [0.2, 0.25) is 0 Å². The number of carbonyl (C=O) groups is 1. The highest BCUT2D eigenvalue weighted by Gasteiger charge is 2.46. The van der Waals surface area contributed by atoms with Crippen LogP contribution in [-0.4, -0.2) is 41.6 Å². The lowest BCUT2D eigenvalue weighted by molar-refractivity contribution is -0.0918. The zero-order valence-corrected chi connectivity index (χ0v) is 13.8. The minimum atomic E-state index is -2.98. The van der Waals surface area contributed by atoms with E-state index in [-0.39, 0.29) is 13.0 Å². The summed E-state index contributed by atoms with van der Waals surface area (Å²) >= 11 is 0. The molecular weight excluding hydrogens is 302 g/mol. The number of ether oxygens (including phenoxy) is 1. The predicted octanol–water partition coefficient (Wildman–Crippen LogP) is 3.42. The van der Waals surface area contributed by atoms with E-state index in [9.17, 15) is 13.6 Å². The summed E-state index contributed by atoms with van der Waals surface area (Å²) in [7, 11) is 0. The van der Waals surface area contributed by atoms with Crippen molar-refractivity contribution in [3.63, 3.8) is 0 Å². The number of carbonyl (C=O) groups excluding carboxylic acids is 1. The van der Waals surface area contributed by atoms with Gasteiger partial charge in [0.15, 0.2) is 0 Å². The highest BCUT2D eigenvalue weighted by molar-refractivity contribution is 5.68. The van der Waals surface area contributed by atoms with Gasteiger partial charge < -0.3 is 15.0 Å². The van der Waals surface area contributed by atoms with E-state index in [4.69, 9.17) is 4.74 Å². The highest BCUT2D eigenvalue weighted by atomic mass is 19.3. The second kappa shape index (κ2) is 6.83. The van der Waals surface area contributed by atoms with Crippen LogP contribution >= 0.6 is 0 Å². The molecule has 1 aromatic carbocycles. The van der Waals surface area contributed by atoms with Gasteiger partial charge in [0.1, 0.15) is 5.60 Å². The van der Waals surface area contributed by atoms with Gasteiger partial charge in [0.25, 0.3) is 5.92 Å². The first-order chi connectivity index (χ1) is 10.7. The minimum Gasteiger partial charge on any atom is -0.444 e. The zero-order chi connectivity index (χ0) is 17.1. The van der Waals surface area contributed by atoms with Crippen LogP contribution < -0.4 is 5.32 Å². The van der Waals surface area contributed by atoms with E-state index in [1.165, 1.54) is 0 Å². The largest absolute Gasteiger partial charge is 0.444 e. The number of nitrogens with one attached hydrogen (secondary N) is 1. The molecular formula is C17H24F2N2O2. The van der Waals surface area contributed by atoms with Crippen molar-refractivity contribution in [2.45, 2.75) is 51.3 Å². The number of hydrogen-bond acceptors (Lipinski definition) is 3. The summed E-state index contributed by atoms with van der Waals surface area (Å²) in [5.74, 6) is -2.98. The summed E-state index contributed by atoms with van der Waals surface area (Å²) in [6.07, 6.45) is -0.488. The molecule has 2 rings (SSSR count). The first-order valence-corrected chi connectivity index (χ1v) is 7.80. The molecule has 4 nitrogen and oxygen atoms in total. The monoisotopic (exact) mass is 326 g/mol. The molecule has 23 heavy (non-hydrogen) atoms. The molecule has 1 saturated heterocycles. The molecule has 1 aromatic rings. The Hall–Kier alpha value is -1.69. The summed E-state index contributed by atoms with van der Waals surface area (Å²) in [5.41, 5.74) is 0.271. The predicted molar refractivity (Wildman–Crippen MR) is 84.4 cm³/mol. The fraction of sp³-hybridized carbons (Fsp3) is 0.588. The molecule has 0 spiro atoms. The van der Waals surface area contributed by atoms with Crippen molar-refractivity contribution < 1.29 is 18.3 Å². The van der Waals surface area contributed by atoms with Gasteiger partial charge in [-0.2, -0.15) is 0 Å². The molecule has 1 amide bonds. The summed E-state index contributed by atoms with van der Waals surface area (Å²) in [6.45, 7) is 5.19. The Morgan fingerprint density at radius 1 is 1.35 bits per heavy atom. The maximum Gasteiger partial charge on any atom is 0.410 e. The zero-order valence-electron chi connectivity index (χ0n) is 13.8. The topological polar surface area (TPSA) is 41.6 Å². The molecule has 6 heteroatoms. The van der Waals surface area contributed by atoms with Crippen molar-refractivity contribution in [1.82, 2.24) is 10.2 Å². The van der Waals surface area contributed by atoms with Crippen LogP contribution in [0.5, 0.6) is 0 Å². The quantitative estimate of drug-likeness (QED) is 0.925. The third-order valence-electron chi connectivity index (χ3n) is 3.65. The lowest BCUT2D eigenvalue weighted by Gasteiger charge is -2.39. The van der Waals surface area contributed by atoms with Crippen LogP contribution in [0.4, 0.5) is 13.6 Å². The molecule has 1 aliphatic rings. The molecule has 1 atom stereocenters. The van der Waals surface area contributed by atoms with Crippen LogP contribution in [0.15, 0.2) is 30.3 Å². The third-order valence-corrected chi connectivity index (χ3v) is 3.65. The van der Waals surface area contributed by atoms with Gasteiger partial charge in [-0.25, -0.2) is 13.6 Å². The van der Waals surface area contributed by atoms with E-state index >= 15 is 0 Å². The van der Waals surface area contributed by atoms with E-state index in [2.05, 4.69) is 5.32 Å². The second-order valence-corrected chi connectivity index (χ2v) is 6.87. The number of hydrogen-bond donors (Lipinski definition) is 1. The minimum absolute atomic E-state index is 0.194. The second-order valence-electron chi connectivity index (χ2n) is 6.87.